The van der Waals surface area contributed by atoms with E-state index in [1.807, 2.05) is 19.1 Å². The highest BCUT2D eigenvalue weighted by Gasteiger charge is 2.45. The van der Waals surface area contributed by atoms with Gasteiger partial charge in [-0.05, 0) is 24.5 Å². The number of rotatable bonds is 0. The second kappa shape index (κ2) is 5.32. The number of hydrogen-bond donors (Lipinski definition) is 1. The van der Waals surface area contributed by atoms with Crippen molar-refractivity contribution in [3.05, 3.63) is 46.7 Å². The number of hydrogen-bond acceptors (Lipinski definition) is 5. The number of esters is 1. The van der Waals surface area contributed by atoms with Crippen molar-refractivity contribution in [2.75, 3.05) is 6.54 Å². The van der Waals surface area contributed by atoms with Crippen LogP contribution in [0.2, 0.25) is 0 Å². The number of carbonyl (C=O) groups is 1. The van der Waals surface area contributed by atoms with Crippen molar-refractivity contribution >= 4 is 24.1 Å². The summed E-state index contributed by atoms with van der Waals surface area (Å²) in [5.41, 5.74) is 4.36. The first-order chi connectivity index (χ1) is 10.2. The smallest absolute Gasteiger partial charge is 0.342 e. The van der Waals surface area contributed by atoms with E-state index in [0.29, 0.717) is 17.7 Å². The summed E-state index contributed by atoms with van der Waals surface area (Å²) in [6, 6.07) is 8.47. The highest BCUT2D eigenvalue weighted by molar-refractivity contribution is 6.22. The molecule has 0 radical (unpaired) electrons. The number of ether oxygens (including phenoxy) is 1. The Labute approximate surface area is 134 Å². The molecule has 0 bridgehead atoms. The number of halogens is 1. The fourth-order valence-corrected chi connectivity index (χ4v) is 3.76. The fraction of sp³-hybridized carbons (Fsp3) is 0.375. The maximum Gasteiger partial charge on any atom is 0.342 e. The van der Waals surface area contributed by atoms with E-state index < -0.39 is 0 Å². The van der Waals surface area contributed by atoms with Crippen LogP contribution in [0.15, 0.2) is 40.7 Å². The van der Waals surface area contributed by atoms with E-state index in [1.54, 1.807) is 0 Å². The molecule has 116 valence electrons. The Kier molecular flexibility index (Phi) is 3.60. The quantitative estimate of drug-likeness (QED) is 0.453. The van der Waals surface area contributed by atoms with Crippen LogP contribution in [0.3, 0.4) is 0 Å². The highest BCUT2D eigenvalue weighted by atomic mass is 35.5. The summed E-state index contributed by atoms with van der Waals surface area (Å²) in [7, 11) is 0. The molecular formula is C16H17ClN2O3. The van der Waals surface area contributed by atoms with Gasteiger partial charge in [-0.2, -0.15) is 0 Å². The first-order valence-electron chi connectivity index (χ1n) is 7.21. The summed E-state index contributed by atoms with van der Waals surface area (Å²) >= 11 is 0. The summed E-state index contributed by atoms with van der Waals surface area (Å²) in [5, 5.41) is 12.7. The van der Waals surface area contributed by atoms with Gasteiger partial charge in [0.1, 0.15) is 11.7 Å². The Bertz CT molecular complexity index is 698. The Morgan fingerprint density at radius 2 is 2.14 bits per heavy atom. The predicted octanol–water partition coefficient (Wildman–Crippen LogP) is 2.44. The zero-order valence-corrected chi connectivity index (χ0v) is 13.0. The molecule has 2 atom stereocenters. The molecule has 0 saturated heterocycles. The average Bonchev–Trinajstić information content (AvgIpc) is 2.81. The van der Waals surface area contributed by atoms with Crippen molar-refractivity contribution in [3.8, 4) is 0 Å². The van der Waals surface area contributed by atoms with Gasteiger partial charge in [-0.3, -0.25) is 0 Å². The lowest BCUT2D eigenvalue weighted by molar-refractivity contribution is -0.138. The van der Waals surface area contributed by atoms with E-state index in [-0.39, 0.29) is 30.5 Å². The summed E-state index contributed by atoms with van der Waals surface area (Å²) < 4.78 is 5.33. The molecule has 1 aromatic carbocycles. The minimum absolute atomic E-state index is 0. The van der Waals surface area contributed by atoms with E-state index in [1.165, 1.54) is 11.1 Å². The molecule has 1 N–H and O–H groups in total. The van der Waals surface area contributed by atoms with Gasteiger partial charge in [-0.1, -0.05) is 29.4 Å². The van der Waals surface area contributed by atoms with Crippen molar-refractivity contribution in [2.45, 2.75) is 31.9 Å². The van der Waals surface area contributed by atoms with Gasteiger partial charge >= 0.3 is 5.97 Å². The van der Waals surface area contributed by atoms with Crippen LogP contribution in [0.5, 0.6) is 0 Å². The maximum absolute atomic E-state index is 12.0. The van der Waals surface area contributed by atoms with Crippen molar-refractivity contribution < 1.29 is 14.7 Å². The first-order valence-corrected chi connectivity index (χ1v) is 7.21. The van der Waals surface area contributed by atoms with Crippen LogP contribution in [0.1, 0.15) is 30.5 Å². The number of fused-ring (bicyclic) bond motifs is 4. The third-order valence-electron chi connectivity index (χ3n) is 4.65. The third kappa shape index (κ3) is 1.92. The van der Waals surface area contributed by atoms with Crippen LogP contribution in [-0.2, 0) is 16.0 Å². The van der Waals surface area contributed by atoms with Crippen LogP contribution in [0.4, 0.5) is 0 Å². The molecule has 0 amide bonds. The number of cyclic esters (lactones) is 1. The van der Waals surface area contributed by atoms with E-state index >= 15 is 0 Å². The van der Waals surface area contributed by atoms with Crippen LogP contribution in [0.25, 0.3) is 0 Å². The Balaban J connectivity index is 0.00000144. The van der Waals surface area contributed by atoms with E-state index in [0.717, 1.165) is 18.7 Å². The molecule has 0 aromatic heterocycles. The van der Waals surface area contributed by atoms with Crippen molar-refractivity contribution in [3.63, 3.8) is 0 Å². The largest absolute Gasteiger partial charge is 0.453 e. The van der Waals surface area contributed by atoms with Gasteiger partial charge < -0.3 is 14.8 Å². The molecule has 3 aliphatic heterocycles. The maximum atomic E-state index is 12.0. The zero-order chi connectivity index (χ0) is 14.6. The molecule has 0 spiro atoms. The summed E-state index contributed by atoms with van der Waals surface area (Å²) in [6.07, 6.45) is 1.21. The SMILES string of the molecule is C[C@@H]1OC(=O)C2=C1N1CCc3ccccc3C1CC2=NO.Cl. The number of oxime groups is 1. The molecule has 6 heteroatoms. The predicted molar refractivity (Wildman–Crippen MR) is 83.3 cm³/mol. The average molecular weight is 321 g/mol. The molecular weight excluding hydrogens is 304 g/mol. The van der Waals surface area contributed by atoms with Crippen molar-refractivity contribution in [1.82, 2.24) is 4.90 Å². The monoisotopic (exact) mass is 320 g/mol. The second-order valence-electron chi connectivity index (χ2n) is 5.72. The molecule has 0 saturated carbocycles. The van der Waals surface area contributed by atoms with Gasteiger partial charge in [0, 0.05) is 13.0 Å². The summed E-state index contributed by atoms with van der Waals surface area (Å²) in [6.45, 7) is 2.73. The molecule has 3 heterocycles. The van der Waals surface area contributed by atoms with Crippen molar-refractivity contribution in [1.29, 1.82) is 0 Å². The summed E-state index contributed by atoms with van der Waals surface area (Å²) in [4.78, 5) is 14.3. The second-order valence-corrected chi connectivity index (χ2v) is 5.72. The normalized spacial score (nSPS) is 27.8. The van der Waals surface area contributed by atoms with Gasteiger partial charge in [-0.15, -0.1) is 12.4 Å². The Morgan fingerprint density at radius 3 is 2.91 bits per heavy atom. The van der Waals surface area contributed by atoms with Crippen molar-refractivity contribution in [2.24, 2.45) is 5.16 Å². The molecule has 4 rings (SSSR count). The molecule has 22 heavy (non-hydrogen) atoms. The number of nitrogens with zero attached hydrogens (tertiary/aromatic N) is 2. The van der Waals surface area contributed by atoms with E-state index in [4.69, 9.17) is 4.74 Å². The number of carbonyl (C=O) groups excluding carboxylic acids is 1. The standard InChI is InChI=1S/C16H16N2O3.ClH/c1-9-15-14(16(19)21-9)12(17-20)8-13-11-5-3-2-4-10(11)6-7-18(13)15;/h2-5,9,13,20H,6-8H2,1H3;1H/t9-,13?;/m0./s1. The molecule has 0 aliphatic carbocycles. The third-order valence-corrected chi connectivity index (χ3v) is 4.65. The van der Waals surface area contributed by atoms with Crippen LogP contribution in [0, 0.1) is 0 Å². The number of benzene rings is 1. The zero-order valence-electron chi connectivity index (χ0n) is 12.2. The molecule has 0 fully saturated rings. The molecule has 1 unspecified atom stereocenters. The topological polar surface area (TPSA) is 62.1 Å². The lowest BCUT2D eigenvalue weighted by Crippen LogP contribution is -2.42. The first kappa shape index (κ1) is 14.9. The van der Waals surface area contributed by atoms with Gasteiger partial charge in [0.15, 0.2) is 0 Å². The minimum Gasteiger partial charge on any atom is -0.453 e. The lowest BCUT2D eigenvalue weighted by Gasteiger charge is -2.43. The molecule has 5 nitrogen and oxygen atoms in total. The Morgan fingerprint density at radius 1 is 1.36 bits per heavy atom. The summed E-state index contributed by atoms with van der Waals surface area (Å²) in [5.74, 6) is -0.373. The van der Waals surface area contributed by atoms with Crippen LogP contribution < -0.4 is 0 Å². The van der Waals surface area contributed by atoms with Crippen LogP contribution in [-0.4, -0.2) is 34.4 Å². The lowest BCUT2D eigenvalue weighted by atomic mass is 9.84. The van der Waals surface area contributed by atoms with Gasteiger partial charge in [-0.25, -0.2) is 4.79 Å². The van der Waals surface area contributed by atoms with Gasteiger partial charge in [0.25, 0.3) is 0 Å². The van der Waals surface area contributed by atoms with Crippen LogP contribution >= 0.6 is 12.4 Å². The van der Waals surface area contributed by atoms with E-state index in [9.17, 15) is 10.0 Å². The fourth-order valence-electron chi connectivity index (χ4n) is 3.76. The Hall–Kier alpha value is -2.01. The van der Waals surface area contributed by atoms with Gasteiger partial charge in [0.2, 0.25) is 0 Å². The minimum atomic E-state index is -0.373. The van der Waals surface area contributed by atoms with Gasteiger partial charge in [0.05, 0.1) is 17.5 Å². The molecule has 1 aromatic rings. The highest BCUT2D eigenvalue weighted by Crippen LogP contribution is 2.43. The van der Waals surface area contributed by atoms with E-state index in [2.05, 4.69) is 22.2 Å². The molecule has 3 aliphatic rings.